The number of hydrogen-bond acceptors (Lipinski definition) is 2. The number of rotatable bonds is 5. The highest BCUT2D eigenvalue weighted by Crippen LogP contribution is 2.39. The third-order valence-electron chi connectivity index (χ3n) is 3.75. The molecule has 3 heteroatoms. The molecule has 1 heterocycles. The van der Waals surface area contributed by atoms with Crippen molar-refractivity contribution in [2.45, 2.75) is 60.3 Å². The van der Waals surface area contributed by atoms with Crippen molar-refractivity contribution >= 4 is 11.8 Å². The Kier molecular flexibility index (Phi) is 4.83. The van der Waals surface area contributed by atoms with Crippen LogP contribution in [0.4, 0.5) is 0 Å². The molecule has 0 spiro atoms. The van der Waals surface area contributed by atoms with Crippen molar-refractivity contribution in [3.63, 3.8) is 0 Å². The smallest absolute Gasteiger partial charge is 0.232 e. The number of allylic oxidation sites excluding steroid dienone is 1. The zero-order valence-corrected chi connectivity index (χ0v) is 13.9. The minimum Gasteiger partial charge on any atom is -0.285 e. The quantitative estimate of drug-likeness (QED) is 0.567. The summed E-state index contributed by atoms with van der Waals surface area (Å²) in [6.07, 6.45) is 3.00. The Morgan fingerprint density at radius 1 is 1.25 bits per heavy atom. The van der Waals surface area contributed by atoms with Crippen molar-refractivity contribution in [1.82, 2.24) is 4.90 Å². The van der Waals surface area contributed by atoms with Gasteiger partial charge in [-0.05, 0) is 30.1 Å². The molecule has 0 aromatic carbocycles. The maximum atomic E-state index is 11.9. The Balaban J connectivity index is 2.56. The molecular formula is C17H29NO2. The van der Waals surface area contributed by atoms with Crippen LogP contribution in [0, 0.1) is 16.7 Å². The lowest BCUT2D eigenvalue weighted by molar-refractivity contribution is -0.137. The van der Waals surface area contributed by atoms with Crippen molar-refractivity contribution in [2.75, 3.05) is 7.05 Å². The fourth-order valence-corrected chi connectivity index (χ4v) is 3.59. The molecule has 0 aromatic rings. The van der Waals surface area contributed by atoms with Gasteiger partial charge in [-0.1, -0.05) is 46.8 Å². The second kappa shape index (κ2) is 5.71. The molecule has 1 rings (SSSR count). The number of imide groups is 1. The molecule has 3 nitrogen and oxygen atoms in total. The fourth-order valence-electron chi connectivity index (χ4n) is 3.59. The van der Waals surface area contributed by atoms with Gasteiger partial charge in [-0.3, -0.25) is 14.5 Å². The van der Waals surface area contributed by atoms with E-state index in [-0.39, 0.29) is 28.6 Å². The minimum atomic E-state index is -0.189. The van der Waals surface area contributed by atoms with Gasteiger partial charge in [0.15, 0.2) is 0 Å². The van der Waals surface area contributed by atoms with E-state index >= 15 is 0 Å². The Morgan fingerprint density at radius 3 is 2.20 bits per heavy atom. The maximum Gasteiger partial charge on any atom is 0.232 e. The third kappa shape index (κ3) is 4.77. The van der Waals surface area contributed by atoms with Gasteiger partial charge in [-0.25, -0.2) is 0 Å². The van der Waals surface area contributed by atoms with Gasteiger partial charge in [-0.15, -0.1) is 0 Å². The summed E-state index contributed by atoms with van der Waals surface area (Å²) in [5.41, 5.74) is 1.54. The summed E-state index contributed by atoms with van der Waals surface area (Å²) in [7, 11) is 1.57. The van der Waals surface area contributed by atoms with Gasteiger partial charge < -0.3 is 0 Å². The first-order valence-electron chi connectivity index (χ1n) is 7.38. The van der Waals surface area contributed by atoms with E-state index in [1.54, 1.807) is 7.05 Å². The predicted octanol–water partition coefficient (Wildman–Crippen LogP) is 3.79. The monoisotopic (exact) mass is 279 g/mol. The first-order valence-corrected chi connectivity index (χ1v) is 7.38. The lowest BCUT2D eigenvalue weighted by Gasteiger charge is -2.33. The number of carbonyl (C=O) groups excluding carboxylic acids is 2. The topological polar surface area (TPSA) is 37.4 Å². The molecule has 0 aromatic heterocycles. The molecule has 1 fully saturated rings. The van der Waals surface area contributed by atoms with Gasteiger partial charge in [0.2, 0.25) is 11.8 Å². The molecule has 1 saturated heterocycles. The number of carbonyl (C=O) groups is 2. The van der Waals surface area contributed by atoms with Crippen molar-refractivity contribution in [3.8, 4) is 0 Å². The van der Waals surface area contributed by atoms with E-state index in [9.17, 15) is 9.59 Å². The Morgan fingerprint density at radius 2 is 1.80 bits per heavy atom. The summed E-state index contributed by atoms with van der Waals surface area (Å²) in [6.45, 7) is 15.4. The molecule has 0 bridgehead atoms. The number of likely N-dealkylation sites (tertiary alicyclic amines) is 1. The molecule has 1 aliphatic rings. The van der Waals surface area contributed by atoms with E-state index in [0.29, 0.717) is 12.8 Å². The van der Waals surface area contributed by atoms with Crippen molar-refractivity contribution < 1.29 is 9.59 Å². The van der Waals surface area contributed by atoms with Crippen LogP contribution in [0.3, 0.4) is 0 Å². The highest BCUT2D eigenvalue weighted by molar-refractivity contribution is 6.03. The van der Waals surface area contributed by atoms with Crippen LogP contribution >= 0.6 is 0 Å². The van der Waals surface area contributed by atoms with E-state index in [1.807, 2.05) is 0 Å². The Bertz CT molecular complexity index is 415. The zero-order valence-electron chi connectivity index (χ0n) is 13.9. The normalized spacial score (nSPS) is 20.7. The van der Waals surface area contributed by atoms with Crippen LogP contribution in [0.15, 0.2) is 12.2 Å². The number of amides is 2. The first-order chi connectivity index (χ1) is 8.91. The molecule has 114 valence electrons. The van der Waals surface area contributed by atoms with Crippen LogP contribution in [0.25, 0.3) is 0 Å². The maximum absolute atomic E-state index is 11.9. The second-order valence-electron chi connectivity index (χ2n) is 8.22. The molecular weight excluding hydrogens is 250 g/mol. The Hall–Kier alpha value is -1.12. The average Bonchev–Trinajstić information content (AvgIpc) is 2.41. The second-order valence-corrected chi connectivity index (χ2v) is 8.22. The summed E-state index contributed by atoms with van der Waals surface area (Å²) in [5.74, 6) is -0.308. The largest absolute Gasteiger partial charge is 0.285 e. The van der Waals surface area contributed by atoms with E-state index in [1.165, 1.54) is 4.90 Å². The first kappa shape index (κ1) is 16.9. The summed E-state index contributed by atoms with van der Waals surface area (Å²) < 4.78 is 0. The van der Waals surface area contributed by atoms with Gasteiger partial charge in [0, 0.05) is 13.5 Å². The van der Waals surface area contributed by atoms with Crippen LogP contribution < -0.4 is 0 Å². The van der Waals surface area contributed by atoms with E-state index in [4.69, 9.17) is 0 Å². The molecule has 0 radical (unpaired) electrons. The zero-order chi connectivity index (χ0) is 15.7. The van der Waals surface area contributed by atoms with E-state index in [2.05, 4.69) is 41.2 Å². The molecule has 0 aliphatic carbocycles. The van der Waals surface area contributed by atoms with Crippen LogP contribution in [0.1, 0.15) is 60.3 Å². The van der Waals surface area contributed by atoms with Gasteiger partial charge in [-0.2, -0.15) is 0 Å². The third-order valence-corrected chi connectivity index (χ3v) is 3.75. The Labute approximate surface area is 123 Å². The molecule has 1 aliphatic heterocycles. The van der Waals surface area contributed by atoms with Crippen LogP contribution in [-0.4, -0.2) is 23.8 Å². The predicted molar refractivity (Wildman–Crippen MR) is 82.1 cm³/mol. The highest BCUT2D eigenvalue weighted by Gasteiger charge is 2.36. The molecule has 0 N–H and O–H groups in total. The summed E-state index contributed by atoms with van der Waals surface area (Å²) in [4.78, 5) is 24.7. The molecule has 20 heavy (non-hydrogen) atoms. The van der Waals surface area contributed by atoms with Crippen LogP contribution in [0.2, 0.25) is 0 Å². The van der Waals surface area contributed by atoms with Crippen molar-refractivity contribution in [3.05, 3.63) is 12.2 Å². The van der Waals surface area contributed by atoms with E-state index < -0.39 is 0 Å². The lowest BCUT2D eigenvalue weighted by Crippen LogP contribution is -2.26. The van der Waals surface area contributed by atoms with Gasteiger partial charge in [0.1, 0.15) is 0 Å². The summed E-state index contributed by atoms with van der Waals surface area (Å²) in [6, 6.07) is 0. The average molecular weight is 279 g/mol. The number of hydrogen-bond donors (Lipinski definition) is 0. The highest BCUT2D eigenvalue weighted by atomic mass is 16.2. The SMILES string of the molecule is C=C(CC1CC(=O)N(C)C1=O)CC(C)(C)CC(C)(C)C. The van der Waals surface area contributed by atoms with Crippen molar-refractivity contribution in [1.29, 1.82) is 0 Å². The fraction of sp³-hybridized carbons (Fsp3) is 0.765. The lowest BCUT2D eigenvalue weighted by atomic mass is 9.72. The van der Waals surface area contributed by atoms with Gasteiger partial charge in [0.25, 0.3) is 0 Å². The molecule has 1 atom stereocenters. The van der Waals surface area contributed by atoms with E-state index in [0.717, 1.165) is 18.4 Å². The van der Waals surface area contributed by atoms with Crippen LogP contribution in [-0.2, 0) is 9.59 Å². The summed E-state index contributed by atoms with van der Waals surface area (Å²) >= 11 is 0. The standard InChI is InChI=1S/C17H29NO2/c1-12(10-17(5,6)11-16(2,3)4)8-13-9-14(19)18(7)15(13)20/h13H,1,8-11H2,2-7H3. The summed E-state index contributed by atoms with van der Waals surface area (Å²) in [5, 5.41) is 0. The van der Waals surface area contributed by atoms with Gasteiger partial charge in [0.05, 0.1) is 5.92 Å². The molecule has 1 unspecified atom stereocenters. The van der Waals surface area contributed by atoms with Gasteiger partial charge >= 0.3 is 0 Å². The number of nitrogens with zero attached hydrogens (tertiary/aromatic N) is 1. The van der Waals surface area contributed by atoms with Crippen molar-refractivity contribution in [2.24, 2.45) is 16.7 Å². The molecule has 2 amide bonds. The van der Waals surface area contributed by atoms with Crippen LogP contribution in [0.5, 0.6) is 0 Å². The minimum absolute atomic E-state index is 0.0511. The molecule has 0 saturated carbocycles.